The summed E-state index contributed by atoms with van der Waals surface area (Å²) in [5, 5.41) is 2.36. The summed E-state index contributed by atoms with van der Waals surface area (Å²) >= 11 is 3.94. The zero-order valence-corrected chi connectivity index (χ0v) is 8.57. The summed E-state index contributed by atoms with van der Waals surface area (Å²) in [6, 6.07) is -0.625. The fourth-order valence-electron chi connectivity index (χ4n) is 1.62. The predicted octanol–water partition coefficient (Wildman–Crippen LogP) is 0.590. The Hall–Kier alpha value is -0.910. The maximum Gasteiger partial charge on any atom is 0.308 e. The molecule has 78 valence electrons. The maximum absolute atomic E-state index is 11.5. The fourth-order valence-corrected chi connectivity index (χ4v) is 1.81. The van der Waals surface area contributed by atoms with Gasteiger partial charge in [-0.15, -0.1) is 4.91 Å². The lowest BCUT2D eigenvalue weighted by atomic mass is 10.2. The van der Waals surface area contributed by atoms with Gasteiger partial charge in [0.25, 0.3) is 0 Å². The highest BCUT2D eigenvalue weighted by molar-refractivity contribution is 7.80. The summed E-state index contributed by atoms with van der Waals surface area (Å²) in [6.07, 6.45) is 1.60. The molecule has 0 aromatic heterocycles. The zero-order valence-electron chi connectivity index (χ0n) is 7.68. The van der Waals surface area contributed by atoms with E-state index < -0.39 is 11.9 Å². The molecule has 1 fully saturated rings. The summed E-state index contributed by atoms with van der Waals surface area (Å²) in [5.74, 6) is -0.417. The molecule has 1 heterocycles. The second kappa shape index (κ2) is 5.09. The van der Waals surface area contributed by atoms with E-state index in [1.807, 2.05) is 0 Å². The van der Waals surface area contributed by atoms with Gasteiger partial charge in [-0.05, 0) is 18.6 Å². The molecule has 6 heteroatoms. The Morgan fingerprint density at radius 1 is 1.50 bits per heavy atom. The van der Waals surface area contributed by atoms with Crippen LogP contribution in [-0.4, -0.2) is 35.1 Å². The van der Waals surface area contributed by atoms with Crippen LogP contribution in [0.15, 0.2) is 5.18 Å². The van der Waals surface area contributed by atoms with Crippen molar-refractivity contribution in [3.63, 3.8) is 0 Å². The van der Waals surface area contributed by atoms with E-state index >= 15 is 0 Å². The number of hydrogen-bond acceptors (Lipinski definition) is 4. The first-order chi connectivity index (χ1) is 6.70. The molecular formula is C8H12N2O3S. The van der Waals surface area contributed by atoms with Gasteiger partial charge in [-0.3, -0.25) is 9.59 Å². The third-order valence-corrected chi connectivity index (χ3v) is 2.50. The normalized spacial score (nSPS) is 20.9. The smallest absolute Gasteiger partial charge is 0.308 e. The molecule has 0 aromatic rings. The van der Waals surface area contributed by atoms with Gasteiger partial charge >= 0.3 is 5.91 Å². The Bertz CT molecular complexity index is 257. The highest BCUT2D eigenvalue weighted by Crippen LogP contribution is 2.19. The standard InChI is InChI=1S/C8H12N2O3S/c11-7(3-5-14)10-4-1-2-6(10)8(12)9-13/h6,14H,1-5H2/t6-/m0/s1. The Morgan fingerprint density at radius 2 is 2.21 bits per heavy atom. The molecule has 0 aromatic carbocycles. The highest BCUT2D eigenvalue weighted by atomic mass is 32.1. The minimum atomic E-state index is -0.741. The van der Waals surface area contributed by atoms with Crippen molar-refractivity contribution >= 4 is 24.4 Å². The highest BCUT2D eigenvalue weighted by Gasteiger charge is 2.34. The number of nitroso groups, excluding NO2 is 1. The molecule has 1 aliphatic rings. The van der Waals surface area contributed by atoms with Gasteiger partial charge in [0, 0.05) is 18.1 Å². The van der Waals surface area contributed by atoms with Gasteiger partial charge in [0.2, 0.25) is 5.91 Å². The quantitative estimate of drug-likeness (QED) is 0.554. The lowest BCUT2D eigenvalue weighted by molar-refractivity contribution is -0.136. The molecule has 0 saturated carbocycles. The molecule has 0 aliphatic carbocycles. The zero-order chi connectivity index (χ0) is 10.6. The average molecular weight is 216 g/mol. The lowest BCUT2D eigenvalue weighted by Gasteiger charge is -2.20. The van der Waals surface area contributed by atoms with Crippen LogP contribution in [0.2, 0.25) is 0 Å². The summed E-state index contributed by atoms with van der Waals surface area (Å²) in [7, 11) is 0. The van der Waals surface area contributed by atoms with Crippen LogP contribution in [-0.2, 0) is 9.59 Å². The van der Waals surface area contributed by atoms with Crippen molar-refractivity contribution < 1.29 is 9.59 Å². The maximum atomic E-state index is 11.5. The first-order valence-electron chi connectivity index (χ1n) is 4.48. The van der Waals surface area contributed by atoms with E-state index in [0.717, 1.165) is 6.42 Å². The van der Waals surface area contributed by atoms with Gasteiger partial charge in [-0.2, -0.15) is 12.6 Å². The summed E-state index contributed by atoms with van der Waals surface area (Å²) < 4.78 is 0. The number of carbonyl (C=O) groups excluding carboxylic acids is 2. The van der Waals surface area contributed by atoms with Crippen molar-refractivity contribution in [2.75, 3.05) is 12.3 Å². The molecule has 0 radical (unpaired) electrons. The van der Waals surface area contributed by atoms with Gasteiger partial charge in [-0.1, -0.05) is 0 Å². The largest absolute Gasteiger partial charge is 0.330 e. The Labute approximate surface area is 87.2 Å². The van der Waals surface area contributed by atoms with Crippen molar-refractivity contribution in [1.29, 1.82) is 0 Å². The topological polar surface area (TPSA) is 66.8 Å². The van der Waals surface area contributed by atoms with E-state index in [2.05, 4.69) is 17.8 Å². The molecule has 1 atom stereocenters. The summed E-state index contributed by atoms with van der Waals surface area (Å²) in [6.45, 7) is 0.540. The van der Waals surface area contributed by atoms with Gasteiger partial charge < -0.3 is 4.90 Å². The molecular weight excluding hydrogens is 204 g/mol. The average Bonchev–Trinajstić information content (AvgIpc) is 2.65. The van der Waals surface area contributed by atoms with Crippen LogP contribution >= 0.6 is 12.6 Å². The monoisotopic (exact) mass is 216 g/mol. The number of rotatable bonds is 3. The van der Waals surface area contributed by atoms with Gasteiger partial charge in [0.1, 0.15) is 6.04 Å². The Balaban J connectivity index is 2.63. The first-order valence-corrected chi connectivity index (χ1v) is 5.11. The van der Waals surface area contributed by atoms with Gasteiger partial charge in [-0.25, -0.2) is 0 Å². The second-order valence-electron chi connectivity index (χ2n) is 3.15. The molecule has 1 aliphatic heterocycles. The minimum absolute atomic E-state index is 0.125. The Morgan fingerprint density at radius 3 is 2.79 bits per heavy atom. The van der Waals surface area contributed by atoms with Gasteiger partial charge in [0.05, 0.1) is 0 Å². The molecule has 0 N–H and O–H groups in total. The molecule has 1 saturated heterocycles. The van der Waals surface area contributed by atoms with Crippen molar-refractivity contribution in [1.82, 2.24) is 4.90 Å². The third kappa shape index (κ3) is 2.31. The lowest BCUT2D eigenvalue weighted by Crippen LogP contribution is -2.39. The molecule has 1 rings (SSSR count). The van der Waals surface area contributed by atoms with E-state index in [-0.39, 0.29) is 5.91 Å². The molecule has 5 nitrogen and oxygen atoms in total. The van der Waals surface area contributed by atoms with Crippen LogP contribution in [0.3, 0.4) is 0 Å². The van der Waals surface area contributed by atoms with E-state index in [0.29, 0.717) is 25.1 Å². The van der Waals surface area contributed by atoms with Crippen LogP contribution in [0.25, 0.3) is 0 Å². The van der Waals surface area contributed by atoms with Crippen LogP contribution in [0.5, 0.6) is 0 Å². The van der Waals surface area contributed by atoms with Crippen molar-refractivity contribution in [2.45, 2.75) is 25.3 Å². The molecule has 0 spiro atoms. The SMILES string of the molecule is O=NC(=O)[C@@H]1CCCN1C(=O)CCS. The minimum Gasteiger partial charge on any atom is -0.330 e. The number of likely N-dealkylation sites (tertiary alicyclic amines) is 1. The molecule has 0 unspecified atom stereocenters. The van der Waals surface area contributed by atoms with Gasteiger partial charge in [0.15, 0.2) is 0 Å². The van der Waals surface area contributed by atoms with Crippen LogP contribution in [0, 0.1) is 4.91 Å². The molecule has 0 bridgehead atoms. The van der Waals surface area contributed by atoms with Crippen molar-refractivity contribution in [2.24, 2.45) is 5.18 Å². The van der Waals surface area contributed by atoms with Crippen LogP contribution in [0.1, 0.15) is 19.3 Å². The second-order valence-corrected chi connectivity index (χ2v) is 3.60. The Kier molecular flexibility index (Phi) is 4.06. The number of carbonyl (C=O) groups is 2. The summed E-state index contributed by atoms with van der Waals surface area (Å²) in [4.78, 5) is 34.0. The third-order valence-electron chi connectivity index (χ3n) is 2.27. The van der Waals surface area contributed by atoms with Crippen LogP contribution in [0.4, 0.5) is 0 Å². The number of hydrogen-bond donors (Lipinski definition) is 1. The van der Waals surface area contributed by atoms with E-state index in [1.54, 1.807) is 0 Å². The molecule has 14 heavy (non-hydrogen) atoms. The first kappa shape index (κ1) is 11.2. The molecule has 2 amide bonds. The van der Waals surface area contributed by atoms with E-state index in [9.17, 15) is 14.5 Å². The van der Waals surface area contributed by atoms with Crippen molar-refractivity contribution in [3.05, 3.63) is 4.91 Å². The predicted molar refractivity (Wildman–Crippen MR) is 54.0 cm³/mol. The number of nitrogens with zero attached hydrogens (tertiary/aromatic N) is 2. The summed E-state index contributed by atoms with van der Waals surface area (Å²) in [5.41, 5.74) is 0. The number of thiol groups is 1. The van der Waals surface area contributed by atoms with E-state index in [1.165, 1.54) is 4.90 Å². The van der Waals surface area contributed by atoms with Crippen LogP contribution < -0.4 is 0 Å². The van der Waals surface area contributed by atoms with E-state index in [4.69, 9.17) is 0 Å². The van der Waals surface area contributed by atoms with Crippen molar-refractivity contribution in [3.8, 4) is 0 Å². The fraction of sp³-hybridized carbons (Fsp3) is 0.750. The number of amides is 2.